The first-order chi connectivity index (χ1) is 23.0. The Bertz CT molecular complexity index is 916. The molecule has 1 rings (SSSR count). The largest absolute Gasteiger partial charge is 0.480 e. The van der Waals surface area contributed by atoms with Gasteiger partial charge in [-0.2, -0.15) is 0 Å². The molecule has 278 valence electrons. The lowest BCUT2D eigenvalue weighted by Gasteiger charge is -2.35. The fourth-order valence-corrected chi connectivity index (χ4v) is 5.09. The van der Waals surface area contributed by atoms with Crippen LogP contribution >= 0.6 is 11.6 Å². The van der Waals surface area contributed by atoms with Gasteiger partial charge in [-0.15, -0.1) is 11.6 Å². The molecule has 17 nitrogen and oxygen atoms in total. The number of ketones is 1. The number of halogens is 1. The summed E-state index contributed by atoms with van der Waals surface area (Å²) in [7, 11) is 0. The second-order valence-electron chi connectivity index (χ2n) is 11.2. The summed E-state index contributed by atoms with van der Waals surface area (Å²) >= 11 is 5.51. The monoisotopic (exact) mass is 712 g/mol. The number of hydrogen-bond donors (Lipinski definition) is 4. The molecule has 0 radical (unpaired) electrons. The first kappa shape index (κ1) is 43.5. The second-order valence-corrected chi connectivity index (χ2v) is 11.6. The van der Waals surface area contributed by atoms with Crippen molar-refractivity contribution < 1.29 is 63.3 Å². The standard InChI is InChI=1S/C30H53ClN4O13/c31-5-15-46-17-19-48-21-20-47-18-16-45-14-1-2-25(36)3-4-26(30(43)44)35-12-10-33(23-28(39)40)8-6-32(22-27(37)38)7-9-34(11-13-35)24-29(41)42/h26H,1-24H2,(H,37,38)(H,39,40)(H,41,42)(H,43,44). The zero-order valence-electron chi connectivity index (χ0n) is 27.7. The SMILES string of the molecule is O=C(O)CN1CCN(CC(=O)O)CCN(C(CCC(=O)CCCOCCOCCOCCOCCCl)C(=O)O)CCN(CC(=O)O)CC1. The van der Waals surface area contributed by atoms with Gasteiger partial charge in [0.25, 0.3) is 0 Å². The van der Waals surface area contributed by atoms with Gasteiger partial charge in [0.15, 0.2) is 0 Å². The van der Waals surface area contributed by atoms with Gasteiger partial charge < -0.3 is 39.4 Å². The Balaban J connectivity index is 2.60. The van der Waals surface area contributed by atoms with Crippen LogP contribution in [-0.4, -0.2) is 206 Å². The summed E-state index contributed by atoms with van der Waals surface area (Å²) < 4.78 is 21.5. The van der Waals surface area contributed by atoms with Gasteiger partial charge >= 0.3 is 23.9 Å². The van der Waals surface area contributed by atoms with E-state index in [2.05, 4.69) is 0 Å². The van der Waals surface area contributed by atoms with E-state index in [9.17, 15) is 44.4 Å². The highest BCUT2D eigenvalue weighted by Crippen LogP contribution is 2.12. The van der Waals surface area contributed by atoms with E-state index in [1.165, 1.54) is 0 Å². The lowest BCUT2D eigenvalue weighted by Crippen LogP contribution is -2.51. The van der Waals surface area contributed by atoms with E-state index in [0.29, 0.717) is 65.2 Å². The number of ether oxygens (including phenoxy) is 4. The van der Waals surface area contributed by atoms with Gasteiger partial charge in [0.2, 0.25) is 0 Å². The highest BCUT2D eigenvalue weighted by Gasteiger charge is 2.28. The smallest absolute Gasteiger partial charge is 0.320 e. The van der Waals surface area contributed by atoms with Crippen molar-refractivity contribution in [3.8, 4) is 0 Å². The minimum Gasteiger partial charge on any atom is -0.480 e. The van der Waals surface area contributed by atoms with Gasteiger partial charge in [0.05, 0.1) is 65.9 Å². The maximum Gasteiger partial charge on any atom is 0.320 e. The summed E-state index contributed by atoms with van der Waals surface area (Å²) in [6, 6.07) is -1.05. The van der Waals surface area contributed by atoms with Crippen molar-refractivity contribution >= 4 is 41.3 Å². The Morgan fingerprint density at radius 3 is 1.29 bits per heavy atom. The first-order valence-electron chi connectivity index (χ1n) is 16.2. The van der Waals surface area contributed by atoms with Crippen LogP contribution in [0, 0.1) is 0 Å². The van der Waals surface area contributed by atoms with E-state index in [1.54, 1.807) is 19.6 Å². The molecule has 0 aromatic rings. The number of Topliss-reactive ketones (excluding diaryl/α,β-unsaturated/α-hetero) is 1. The van der Waals surface area contributed by atoms with Crippen molar-refractivity contribution in [2.24, 2.45) is 0 Å². The molecular formula is C30H53ClN4O13. The molecule has 0 aliphatic carbocycles. The van der Waals surface area contributed by atoms with E-state index in [0.717, 1.165) is 0 Å². The zero-order chi connectivity index (χ0) is 35.6. The molecule has 1 aliphatic rings. The number of nitrogens with zero attached hydrogens (tertiary/aromatic N) is 4. The fraction of sp³-hybridized carbons (Fsp3) is 0.833. The summed E-state index contributed by atoms with van der Waals surface area (Å²) in [6.07, 6.45) is 0.751. The maximum absolute atomic E-state index is 12.6. The molecule has 0 aromatic heterocycles. The van der Waals surface area contributed by atoms with Crippen molar-refractivity contribution in [1.82, 2.24) is 19.6 Å². The number of carbonyl (C=O) groups is 5. The molecule has 4 N–H and O–H groups in total. The second kappa shape index (κ2) is 27.4. The quantitative estimate of drug-likeness (QED) is 0.0647. The molecule has 1 atom stereocenters. The molecule has 18 heteroatoms. The number of carboxylic acids is 4. The third kappa shape index (κ3) is 23.0. The molecule has 1 saturated heterocycles. The number of rotatable bonds is 26. The summed E-state index contributed by atoms with van der Waals surface area (Å²) in [6.45, 7) is 4.02. The molecule has 48 heavy (non-hydrogen) atoms. The van der Waals surface area contributed by atoms with Crippen LogP contribution in [0.4, 0.5) is 0 Å². The van der Waals surface area contributed by atoms with Crippen LogP contribution in [0.1, 0.15) is 25.7 Å². The van der Waals surface area contributed by atoms with E-state index < -0.39 is 29.9 Å². The highest BCUT2D eigenvalue weighted by molar-refractivity contribution is 6.17. The Kier molecular flexibility index (Phi) is 24.8. The molecule has 0 spiro atoms. The first-order valence-corrected chi connectivity index (χ1v) is 16.7. The third-order valence-electron chi connectivity index (χ3n) is 7.45. The molecule has 1 aliphatic heterocycles. The number of alkyl halides is 1. The van der Waals surface area contributed by atoms with Gasteiger partial charge in [-0.3, -0.25) is 43.6 Å². The predicted octanol–water partition coefficient (Wildman–Crippen LogP) is -0.650. The van der Waals surface area contributed by atoms with E-state index >= 15 is 0 Å². The van der Waals surface area contributed by atoms with Crippen molar-refractivity contribution in [2.45, 2.75) is 31.7 Å². The molecule has 1 unspecified atom stereocenters. The number of carbonyl (C=O) groups excluding carboxylic acids is 1. The average Bonchev–Trinajstić information content (AvgIpc) is 3.01. The Morgan fingerprint density at radius 1 is 0.542 bits per heavy atom. The van der Waals surface area contributed by atoms with Crippen molar-refractivity contribution in [2.75, 3.05) is 131 Å². The van der Waals surface area contributed by atoms with Crippen molar-refractivity contribution in [3.63, 3.8) is 0 Å². The minimum atomic E-state index is -1.13. The Labute approximate surface area is 286 Å². The topological polar surface area (TPSA) is 216 Å². The lowest BCUT2D eigenvalue weighted by molar-refractivity contribution is -0.145. The van der Waals surface area contributed by atoms with Crippen LogP contribution in [0.5, 0.6) is 0 Å². The van der Waals surface area contributed by atoms with E-state index in [4.69, 9.17) is 30.5 Å². The van der Waals surface area contributed by atoms with Crippen LogP contribution in [0.2, 0.25) is 0 Å². The predicted molar refractivity (Wildman–Crippen MR) is 173 cm³/mol. The van der Waals surface area contributed by atoms with Gasteiger partial charge in [-0.25, -0.2) is 0 Å². The summed E-state index contributed by atoms with van der Waals surface area (Å²) in [4.78, 5) is 65.9. The Morgan fingerprint density at radius 2 is 0.917 bits per heavy atom. The molecule has 1 heterocycles. The molecule has 0 bridgehead atoms. The van der Waals surface area contributed by atoms with E-state index in [-0.39, 0.29) is 97.0 Å². The van der Waals surface area contributed by atoms with Gasteiger partial charge in [-0.1, -0.05) is 0 Å². The molecule has 0 aromatic carbocycles. The summed E-state index contributed by atoms with van der Waals surface area (Å²) in [5, 5.41) is 38.2. The maximum atomic E-state index is 12.6. The number of hydrogen-bond acceptors (Lipinski definition) is 13. The van der Waals surface area contributed by atoms with Crippen molar-refractivity contribution in [3.05, 3.63) is 0 Å². The lowest BCUT2D eigenvalue weighted by atomic mass is 10.0. The van der Waals surface area contributed by atoms with Gasteiger partial charge in [0, 0.05) is 77.7 Å². The molecule has 0 amide bonds. The zero-order valence-corrected chi connectivity index (χ0v) is 28.4. The molecular weight excluding hydrogens is 660 g/mol. The van der Waals surface area contributed by atoms with Gasteiger partial charge in [0.1, 0.15) is 11.8 Å². The van der Waals surface area contributed by atoms with Crippen LogP contribution in [0.3, 0.4) is 0 Å². The number of carboxylic acid groups (broad SMARTS) is 4. The summed E-state index contributed by atoms with van der Waals surface area (Å²) in [5.74, 6) is -4.01. The van der Waals surface area contributed by atoms with Crippen LogP contribution in [0.15, 0.2) is 0 Å². The summed E-state index contributed by atoms with van der Waals surface area (Å²) in [5.41, 5.74) is 0. The Hall–Kier alpha value is -2.48. The fourth-order valence-electron chi connectivity index (χ4n) is 4.99. The number of aliphatic carboxylic acids is 4. The molecule has 1 fully saturated rings. The minimum absolute atomic E-state index is 0.0231. The van der Waals surface area contributed by atoms with E-state index in [1.807, 2.05) is 0 Å². The molecule has 0 saturated carbocycles. The highest BCUT2D eigenvalue weighted by atomic mass is 35.5. The average molecular weight is 713 g/mol. The normalized spacial score (nSPS) is 16.9. The van der Waals surface area contributed by atoms with Crippen LogP contribution in [0.25, 0.3) is 0 Å². The van der Waals surface area contributed by atoms with Crippen LogP contribution < -0.4 is 0 Å². The third-order valence-corrected chi connectivity index (χ3v) is 7.61. The van der Waals surface area contributed by atoms with Crippen LogP contribution in [-0.2, 0) is 42.9 Å². The van der Waals surface area contributed by atoms with Gasteiger partial charge in [-0.05, 0) is 12.8 Å². The van der Waals surface area contributed by atoms with Crippen molar-refractivity contribution in [1.29, 1.82) is 0 Å².